The molecule has 2 amide bonds. The van der Waals surface area contributed by atoms with Crippen molar-refractivity contribution in [2.45, 2.75) is 20.3 Å². The molecular formula is C21H20Cl2N2O4. The average Bonchev–Trinajstić information content (AvgIpc) is 3.06. The monoisotopic (exact) mass is 434 g/mol. The quantitative estimate of drug-likeness (QED) is 0.717. The smallest absolute Gasteiger partial charge is 0.311 e. The van der Waals surface area contributed by atoms with Crippen LogP contribution in [0.3, 0.4) is 0 Å². The Bertz CT molecular complexity index is 977. The van der Waals surface area contributed by atoms with Gasteiger partial charge in [-0.15, -0.1) is 0 Å². The van der Waals surface area contributed by atoms with E-state index >= 15 is 0 Å². The molecule has 0 bridgehead atoms. The van der Waals surface area contributed by atoms with Gasteiger partial charge in [0.2, 0.25) is 5.91 Å². The molecule has 1 heterocycles. The first-order valence-corrected chi connectivity index (χ1v) is 9.80. The van der Waals surface area contributed by atoms with Gasteiger partial charge >= 0.3 is 5.97 Å². The zero-order valence-electron chi connectivity index (χ0n) is 16.0. The summed E-state index contributed by atoms with van der Waals surface area (Å²) in [6, 6.07) is 10.3. The highest BCUT2D eigenvalue weighted by atomic mass is 35.5. The molecule has 8 heteroatoms. The number of rotatable bonds is 5. The first-order valence-electron chi connectivity index (χ1n) is 9.04. The molecular weight excluding hydrogens is 415 g/mol. The van der Waals surface area contributed by atoms with Crippen LogP contribution >= 0.6 is 23.2 Å². The molecule has 1 saturated heterocycles. The summed E-state index contributed by atoms with van der Waals surface area (Å²) >= 11 is 11.8. The summed E-state index contributed by atoms with van der Waals surface area (Å²) in [5, 5.41) is 3.28. The minimum absolute atomic E-state index is 0.0524. The number of carbonyl (C=O) groups is 3. The Morgan fingerprint density at radius 2 is 1.97 bits per heavy atom. The van der Waals surface area contributed by atoms with Crippen molar-refractivity contribution in [3.8, 4) is 0 Å². The number of nitrogens with zero attached hydrogens (tertiary/aromatic N) is 1. The van der Waals surface area contributed by atoms with E-state index in [1.165, 1.54) is 6.07 Å². The fourth-order valence-corrected chi connectivity index (χ4v) is 3.61. The third-order valence-corrected chi connectivity index (χ3v) is 5.42. The lowest BCUT2D eigenvalue weighted by Gasteiger charge is -2.20. The second-order valence-corrected chi connectivity index (χ2v) is 7.75. The number of carbonyl (C=O) groups excluding carboxylic acids is 3. The summed E-state index contributed by atoms with van der Waals surface area (Å²) in [5.41, 5.74) is 3.22. The highest BCUT2D eigenvalue weighted by Gasteiger charge is 2.37. The zero-order valence-corrected chi connectivity index (χ0v) is 17.5. The summed E-state index contributed by atoms with van der Waals surface area (Å²) in [4.78, 5) is 38.4. The van der Waals surface area contributed by atoms with E-state index in [9.17, 15) is 14.4 Å². The Labute approximate surface area is 178 Å². The molecule has 0 aromatic heterocycles. The zero-order chi connectivity index (χ0) is 21.1. The van der Waals surface area contributed by atoms with Crippen molar-refractivity contribution in [2.75, 3.05) is 23.4 Å². The van der Waals surface area contributed by atoms with Crippen LogP contribution in [-0.4, -0.2) is 30.9 Å². The van der Waals surface area contributed by atoms with E-state index in [4.69, 9.17) is 27.9 Å². The van der Waals surface area contributed by atoms with Gasteiger partial charge in [-0.3, -0.25) is 14.4 Å². The molecule has 29 heavy (non-hydrogen) atoms. The number of hydrogen-bond acceptors (Lipinski definition) is 4. The number of esters is 1. The fraction of sp³-hybridized carbons (Fsp3) is 0.286. The number of aryl methyl sites for hydroxylation is 1. The maximum atomic E-state index is 12.4. The van der Waals surface area contributed by atoms with Gasteiger partial charge in [-0.05, 0) is 49.2 Å². The minimum atomic E-state index is -0.616. The number of amides is 2. The Balaban J connectivity index is 1.56. The molecule has 0 aliphatic carbocycles. The van der Waals surface area contributed by atoms with Gasteiger partial charge < -0.3 is 15.0 Å². The molecule has 3 rings (SSSR count). The van der Waals surface area contributed by atoms with Gasteiger partial charge in [0, 0.05) is 23.7 Å². The van der Waals surface area contributed by atoms with Crippen LogP contribution < -0.4 is 10.2 Å². The third-order valence-electron chi connectivity index (χ3n) is 4.88. The highest BCUT2D eigenvalue weighted by molar-refractivity contribution is 6.36. The maximum Gasteiger partial charge on any atom is 0.311 e. The van der Waals surface area contributed by atoms with Crippen LogP contribution in [0.1, 0.15) is 17.5 Å². The molecule has 1 atom stereocenters. The van der Waals surface area contributed by atoms with Gasteiger partial charge in [0.15, 0.2) is 6.61 Å². The van der Waals surface area contributed by atoms with E-state index in [2.05, 4.69) is 5.32 Å². The largest absolute Gasteiger partial charge is 0.455 e. The minimum Gasteiger partial charge on any atom is -0.455 e. The van der Waals surface area contributed by atoms with Crippen LogP contribution in [0.15, 0.2) is 36.4 Å². The average molecular weight is 435 g/mol. The Kier molecular flexibility index (Phi) is 6.45. The summed E-state index contributed by atoms with van der Waals surface area (Å²) < 4.78 is 5.11. The van der Waals surface area contributed by atoms with Crippen molar-refractivity contribution >= 4 is 52.4 Å². The van der Waals surface area contributed by atoms with E-state index in [-0.39, 0.29) is 23.9 Å². The van der Waals surface area contributed by atoms with Crippen molar-refractivity contribution in [3.05, 3.63) is 57.6 Å². The molecule has 2 aromatic carbocycles. The second-order valence-electron chi connectivity index (χ2n) is 6.90. The van der Waals surface area contributed by atoms with E-state index in [0.717, 1.165) is 16.8 Å². The molecule has 0 radical (unpaired) electrons. The Hall–Kier alpha value is -2.57. The summed E-state index contributed by atoms with van der Waals surface area (Å²) in [6.07, 6.45) is 0.0524. The van der Waals surface area contributed by atoms with E-state index in [1.807, 2.05) is 32.0 Å². The molecule has 1 N–H and O–H groups in total. The lowest BCUT2D eigenvalue weighted by molar-refractivity contribution is -0.151. The Morgan fingerprint density at radius 1 is 1.21 bits per heavy atom. The molecule has 0 unspecified atom stereocenters. The number of benzene rings is 2. The molecule has 152 valence electrons. The van der Waals surface area contributed by atoms with Crippen molar-refractivity contribution in [2.24, 2.45) is 5.92 Å². The summed E-state index contributed by atoms with van der Waals surface area (Å²) in [5.74, 6) is -1.87. The first kappa shape index (κ1) is 21.1. The SMILES string of the molecule is Cc1cccc(N2C[C@@H](C(=O)OCC(=O)Nc3ccc(Cl)cc3Cl)CC2=O)c1C. The van der Waals surface area contributed by atoms with Gasteiger partial charge in [0.25, 0.3) is 5.91 Å². The van der Waals surface area contributed by atoms with Gasteiger partial charge in [0.1, 0.15) is 0 Å². The molecule has 2 aromatic rings. The molecule has 1 fully saturated rings. The lowest BCUT2D eigenvalue weighted by Crippen LogP contribution is -2.28. The van der Waals surface area contributed by atoms with Crippen molar-refractivity contribution in [3.63, 3.8) is 0 Å². The second kappa shape index (κ2) is 8.84. The van der Waals surface area contributed by atoms with E-state index in [0.29, 0.717) is 10.7 Å². The number of anilines is 2. The molecule has 1 aliphatic heterocycles. The van der Waals surface area contributed by atoms with Gasteiger partial charge in [-0.25, -0.2) is 0 Å². The van der Waals surface area contributed by atoms with Crippen molar-refractivity contribution in [1.82, 2.24) is 0 Å². The normalized spacial score (nSPS) is 16.1. The van der Waals surface area contributed by atoms with Crippen molar-refractivity contribution in [1.29, 1.82) is 0 Å². The number of halogens is 2. The predicted octanol–water partition coefficient (Wildman–Crippen LogP) is 4.15. The molecule has 0 spiro atoms. The standard InChI is InChI=1S/C21H20Cl2N2O4/c1-12-4-3-5-18(13(12)2)25-10-14(8-20(25)27)21(28)29-11-19(26)24-17-7-6-15(22)9-16(17)23/h3-7,9,14H,8,10-11H2,1-2H3,(H,24,26)/t14-/m0/s1. The van der Waals surface area contributed by atoms with Crippen LogP contribution in [0.2, 0.25) is 10.0 Å². The predicted molar refractivity (Wildman–Crippen MR) is 112 cm³/mol. The fourth-order valence-electron chi connectivity index (χ4n) is 3.16. The number of ether oxygens (including phenoxy) is 1. The van der Waals surface area contributed by atoms with Crippen LogP contribution in [-0.2, 0) is 19.1 Å². The molecule has 1 aliphatic rings. The summed E-state index contributed by atoms with van der Waals surface area (Å²) in [7, 11) is 0. The number of hydrogen-bond donors (Lipinski definition) is 1. The first-order chi connectivity index (χ1) is 13.8. The van der Waals surface area contributed by atoms with Gasteiger partial charge in [0.05, 0.1) is 16.6 Å². The van der Waals surface area contributed by atoms with E-state index < -0.39 is 24.4 Å². The van der Waals surface area contributed by atoms with Crippen LogP contribution in [0.5, 0.6) is 0 Å². The Morgan fingerprint density at radius 3 is 2.69 bits per heavy atom. The van der Waals surface area contributed by atoms with Crippen molar-refractivity contribution < 1.29 is 19.1 Å². The van der Waals surface area contributed by atoms with Gasteiger partial charge in [-0.2, -0.15) is 0 Å². The van der Waals surface area contributed by atoms with Crippen LogP contribution in [0.4, 0.5) is 11.4 Å². The van der Waals surface area contributed by atoms with Gasteiger partial charge in [-0.1, -0.05) is 35.3 Å². The molecule has 0 saturated carbocycles. The molecule has 6 nitrogen and oxygen atoms in total. The van der Waals surface area contributed by atoms with Crippen LogP contribution in [0.25, 0.3) is 0 Å². The number of nitrogens with one attached hydrogen (secondary N) is 1. The lowest BCUT2D eigenvalue weighted by atomic mass is 10.1. The third kappa shape index (κ3) is 4.89. The van der Waals surface area contributed by atoms with E-state index in [1.54, 1.807) is 17.0 Å². The van der Waals surface area contributed by atoms with Crippen LogP contribution in [0, 0.1) is 19.8 Å². The highest BCUT2D eigenvalue weighted by Crippen LogP contribution is 2.30. The summed E-state index contributed by atoms with van der Waals surface area (Å²) in [6.45, 7) is 3.67. The maximum absolute atomic E-state index is 12.4. The topological polar surface area (TPSA) is 75.7 Å².